The van der Waals surface area contributed by atoms with Gasteiger partial charge in [0.25, 0.3) is 0 Å². The number of nitrogens with two attached hydrogens (primary N) is 1. The van der Waals surface area contributed by atoms with Crippen LogP contribution in [0.15, 0.2) is 29.1 Å². The second kappa shape index (κ2) is 4.55. The summed E-state index contributed by atoms with van der Waals surface area (Å²) >= 11 is 0. The van der Waals surface area contributed by atoms with Crippen molar-refractivity contribution in [1.29, 1.82) is 0 Å². The first-order chi connectivity index (χ1) is 9.15. The highest BCUT2D eigenvalue weighted by Gasteiger charge is 2.24. The van der Waals surface area contributed by atoms with Crippen molar-refractivity contribution in [2.24, 2.45) is 5.73 Å². The van der Waals surface area contributed by atoms with E-state index >= 15 is 0 Å². The monoisotopic (exact) mass is 260 g/mol. The number of amides is 1. The van der Waals surface area contributed by atoms with Crippen LogP contribution in [0.4, 0.5) is 0 Å². The highest BCUT2D eigenvalue weighted by Crippen LogP contribution is 2.11. The second-order valence-corrected chi connectivity index (χ2v) is 4.92. The molecule has 1 amide bonds. The van der Waals surface area contributed by atoms with Gasteiger partial charge >= 0.3 is 5.69 Å². The summed E-state index contributed by atoms with van der Waals surface area (Å²) in [5.41, 5.74) is 7.04. The number of nitrogens with one attached hydrogen (secondary N) is 1. The molecule has 1 fully saturated rings. The molecular weight excluding hydrogens is 244 g/mol. The predicted molar refractivity (Wildman–Crippen MR) is 71.7 cm³/mol. The van der Waals surface area contributed by atoms with Crippen molar-refractivity contribution in [3.63, 3.8) is 0 Å². The fourth-order valence-electron chi connectivity index (χ4n) is 2.51. The van der Waals surface area contributed by atoms with Crippen molar-refractivity contribution < 1.29 is 4.79 Å². The first kappa shape index (κ1) is 12.0. The van der Waals surface area contributed by atoms with Gasteiger partial charge in [-0.1, -0.05) is 12.1 Å². The quantitative estimate of drug-likeness (QED) is 0.790. The van der Waals surface area contributed by atoms with E-state index in [9.17, 15) is 9.59 Å². The lowest BCUT2D eigenvalue weighted by molar-refractivity contribution is -0.130. The number of nitrogens with zero attached hydrogens (tertiary/aromatic N) is 2. The molecule has 0 saturated carbocycles. The van der Waals surface area contributed by atoms with E-state index in [1.807, 2.05) is 24.3 Å². The molecule has 2 aromatic rings. The van der Waals surface area contributed by atoms with Gasteiger partial charge in [-0.15, -0.1) is 0 Å². The highest BCUT2D eigenvalue weighted by molar-refractivity contribution is 5.80. The molecule has 3 rings (SSSR count). The number of imidazole rings is 1. The second-order valence-electron chi connectivity index (χ2n) is 4.92. The van der Waals surface area contributed by atoms with Crippen LogP contribution in [0.2, 0.25) is 0 Å². The van der Waals surface area contributed by atoms with E-state index in [1.54, 1.807) is 4.90 Å². The topological polar surface area (TPSA) is 84.1 Å². The molecule has 0 radical (unpaired) electrons. The van der Waals surface area contributed by atoms with E-state index in [0.29, 0.717) is 13.1 Å². The van der Waals surface area contributed by atoms with Crippen molar-refractivity contribution in [3.8, 4) is 0 Å². The van der Waals surface area contributed by atoms with Crippen LogP contribution in [0.1, 0.15) is 6.42 Å². The molecule has 3 N–H and O–H groups in total. The number of hydrogen-bond acceptors (Lipinski definition) is 3. The molecule has 1 aliphatic heterocycles. The minimum Gasteiger partial charge on any atom is -0.340 e. The third kappa shape index (κ3) is 2.15. The van der Waals surface area contributed by atoms with E-state index in [-0.39, 0.29) is 24.2 Å². The fourth-order valence-corrected chi connectivity index (χ4v) is 2.51. The van der Waals surface area contributed by atoms with Gasteiger partial charge in [0, 0.05) is 19.1 Å². The molecule has 1 aliphatic rings. The minimum atomic E-state index is -0.252. The highest BCUT2D eigenvalue weighted by atomic mass is 16.2. The number of rotatable bonds is 2. The Hall–Kier alpha value is -2.08. The van der Waals surface area contributed by atoms with Gasteiger partial charge in [-0.25, -0.2) is 4.79 Å². The van der Waals surface area contributed by atoms with E-state index < -0.39 is 0 Å². The van der Waals surface area contributed by atoms with Crippen molar-refractivity contribution in [3.05, 3.63) is 34.7 Å². The van der Waals surface area contributed by atoms with Gasteiger partial charge < -0.3 is 15.6 Å². The lowest BCUT2D eigenvalue weighted by Gasteiger charge is -2.15. The SMILES string of the molecule is N[C@@H]1CCN(C(=O)Cn2c(=O)[nH]c3ccccc32)C1. The van der Waals surface area contributed by atoms with Gasteiger partial charge in [0.1, 0.15) is 6.54 Å². The number of para-hydroxylation sites is 2. The van der Waals surface area contributed by atoms with Crippen LogP contribution >= 0.6 is 0 Å². The summed E-state index contributed by atoms with van der Waals surface area (Å²) in [4.78, 5) is 28.5. The standard InChI is InChI=1S/C13H16N4O2/c14-9-5-6-16(7-9)12(18)8-17-11-4-2-1-3-10(11)15-13(17)19/h1-4,9H,5-8,14H2,(H,15,19)/t9-/m1/s1. The third-order valence-electron chi connectivity index (χ3n) is 3.55. The van der Waals surface area contributed by atoms with Crippen LogP contribution in [0.3, 0.4) is 0 Å². The fraction of sp³-hybridized carbons (Fsp3) is 0.385. The minimum absolute atomic E-state index is 0.0557. The van der Waals surface area contributed by atoms with E-state index in [0.717, 1.165) is 17.5 Å². The number of aromatic nitrogens is 2. The lowest BCUT2D eigenvalue weighted by Crippen LogP contribution is -2.36. The van der Waals surface area contributed by atoms with Gasteiger partial charge in [0.2, 0.25) is 5.91 Å². The van der Waals surface area contributed by atoms with E-state index in [2.05, 4.69) is 4.98 Å². The Bertz CT molecular complexity index is 673. The largest absolute Gasteiger partial charge is 0.340 e. The van der Waals surface area contributed by atoms with Crippen LogP contribution in [0, 0.1) is 0 Å². The molecule has 0 bridgehead atoms. The molecule has 0 spiro atoms. The molecule has 2 heterocycles. The van der Waals surface area contributed by atoms with Crippen molar-refractivity contribution in [1.82, 2.24) is 14.5 Å². The van der Waals surface area contributed by atoms with Crippen molar-refractivity contribution in [2.75, 3.05) is 13.1 Å². The van der Waals surface area contributed by atoms with Crippen molar-refractivity contribution >= 4 is 16.9 Å². The normalized spacial score (nSPS) is 19.2. The van der Waals surface area contributed by atoms with Gasteiger partial charge in [-0.05, 0) is 18.6 Å². The summed E-state index contributed by atoms with van der Waals surface area (Å²) < 4.78 is 1.47. The Balaban J connectivity index is 1.87. The number of aromatic amines is 1. The predicted octanol–water partition coefficient (Wildman–Crippen LogP) is -0.111. The zero-order valence-corrected chi connectivity index (χ0v) is 10.5. The van der Waals surface area contributed by atoms with Gasteiger partial charge in [0.05, 0.1) is 11.0 Å². The summed E-state index contributed by atoms with van der Waals surface area (Å²) in [6, 6.07) is 7.41. The molecule has 6 heteroatoms. The maximum Gasteiger partial charge on any atom is 0.326 e. The average Bonchev–Trinajstić information content (AvgIpc) is 2.95. The van der Waals surface area contributed by atoms with Crippen LogP contribution in [0.25, 0.3) is 11.0 Å². The third-order valence-corrected chi connectivity index (χ3v) is 3.55. The van der Waals surface area contributed by atoms with Gasteiger partial charge in [-0.3, -0.25) is 9.36 Å². The lowest BCUT2D eigenvalue weighted by atomic mass is 10.3. The number of H-pyrrole nitrogens is 1. The average molecular weight is 260 g/mol. The number of likely N-dealkylation sites (tertiary alicyclic amines) is 1. The smallest absolute Gasteiger partial charge is 0.326 e. The van der Waals surface area contributed by atoms with E-state index in [1.165, 1.54) is 4.57 Å². The Morgan fingerprint density at radius 1 is 1.42 bits per heavy atom. The molecule has 6 nitrogen and oxygen atoms in total. The molecule has 100 valence electrons. The zero-order chi connectivity index (χ0) is 13.4. The molecule has 1 atom stereocenters. The van der Waals surface area contributed by atoms with Crippen LogP contribution in [-0.2, 0) is 11.3 Å². The van der Waals surface area contributed by atoms with E-state index in [4.69, 9.17) is 5.73 Å². The van der Waals surface area contributed by atoms with Crippen LogP contribution in [0.5, 0.6) is 0 Å². The Morgan fingerprint density at radius 2 is 2.21 bits per heavy atom. The van der Waals surface area contributed by atoms with Gasteiger partial charge in [-0.2, -0.15) is 0 Å². The summed E-state index contributed by atoms with van der Waals surface area (Å²) in [5.74, 6) is -0.0557. The maximum absolute atomic E-state index is 12.2. The van der Waals surface area contributed by atoms with Crippen molar-refractivity contribution in [2.45, 2.75) is 19.0 Å². The first-order valence-corrected chi connectivity index (χ1v) is 6.36. The number of carbonyl (C=O) groups is 1. The Morgan fingerprint density at radius 3 is 2.95 bits per heavy atom. The number of benzene rings is 1. The Labute approximate surface area is 109 Å². The molecule has 1 saturated heterocycles. The maximum atomic E-state index is 12.2. The first-order valence-electron chi connectivity index (χ1n) is 6.36. The van der Waals surface area contributed by atoms with Gasteiger partial charge in [0.15, 0.2) is 0 Å². The summed E-state index contributed by atoms with van der Waals surface area (Å²) in [7, 11) is 0. The zero-order valence-electron chi connectivity index (χ0n) is 10.5. The number of fused-ring (bicyclic) bond motifs is 1. The molecule has 19 heavy (non-hydrogen) atoms. The number of hydrogen-bond donors (Lipinski definition) is 2. The summed E-state index contributed by atoms with van der Waals surface area (Å²) in [6.45, 7) is 1.32. The summed E-state index contributed by atoms with van der Waals surface area (Å²) in [5, 5.41) is 0. The molecular formula is C13H16N4O2. The molecule has 0 aliphatic carbocycles. The Kier molecular flexibility index (Phi) is 2.87. The number of carbonyl (C=O) groups excluding carboxylic acids is 1. The van der Waals surface area contributed by atoms with Crippen LogP contribution in [-0.4, -0.2) is 39.5 Å². The molecule has 1 aromatic carbocycles. The summed E-state index contributed by atoms with van der Waals surface area (Å²) in [6.07, 6.45) is 0.828. The molecule has 1 aromatic heterocycles. The van der Waals surface area contributed by atoms with Crippen LogP contribution < -0.4 is 11.4 Å². The molecule has 0 unspecified atom stereocenters.